The lowest BCUT2D eigenvalue weighted by molar-refractivity contribution is 0.296. The van der Waals surface area contributed by atoms with Gasteiger partial charge in [0.15, 0.2) is 0 Å². The molecule has 0 aliphatic carbocycles. The van der Waals surface area contributed by atoms with Crippen LogP contribution in [0.3, 0.4) is 0 Å². The molecule has 0 atom stereocenters. The van der Waals surface area contributed by atoms with Gasteiger partial charge in [0.1, 0.15) is 11.5 Å². The molecule has 1 aromatic carbocycles. The van der Waals surface area contributed by atoms with Crippen LogP contribution in [0.25, 0.3) is 0 Å². The van der Waals surface area contributed by atoms with Crippen molar-refractivity contribution in [3.05, 3.63) is 23.8 Å². The molecular weight excluding hydrogens is 250 g/mol. The Morgan fingerprint density at radius 3 is 2.75 bits per heavy atom. The SMILES string of the molecule is C#CCCCOc1cc(OCCC)ccc1CNCC. The lowest BCUT2D eigenvalue weighted by Gasteiger charge is -2.14. The van der Waals surface area contributed by atoms with Crippen molar-refractivity contribution in [2.45, 2.75) is 39.7 Å². The van der Waals surface area contributed by atoms with Crippen molar-refractivity contribution in [2.24, 2.45) is 0 Å². The monoisotopic (exact) mass is 275 g/mol. The number of terminal acetylenes is 1. The molecule has 1 rings (SSSR count). The molecule has 0 amide bonds. The molecule has 3 nitrogen and oxygen atoms in total. The number of rotatable bonds is 10. The fraction of sp³-hybridized carbons (Fsp3) is 0.529. The second kappa shape index (κ2) is 10.2. The Labute approximate surface area is 122 Å². The summed E-state index contributed by atoms with van der Waals surface area (Å²) in [5, 5.41) is 3.32. The first kappa shape index (κ1) is 16.4. The van der Waals surface area contributed by atoms with E-state index < -0.39 is 0 Å². The second-order valence-electron chi connectivity index (χ2n) is 4.55. The predicted molar refractivity (Wildman–Crippen MR) is 83.2 cm³/mol. The van der Waals surface area contributed by atoms with E-state index in [9.17, 15) is 0 Å². The molecule has 1 aromatic rings. The first-order valence-corrected chi connectivity index (χ1v) is 7.34. The molecule has 0 aliphatic heterocycles. The minimum Gasteiger partial charge on any atom is -0.493 e. The molecule has 0 heterocycles. The summed E-state index contributed by atoms with van der Waals surface area (Å²) in [6.45, 7) is 7.28. The van der Waals surface area contributed by atoms with Gasteiger partial charge in [-0.15, -0.1) is 12.3 Å². The number of benzene rings is 1. The molecule has 0 saturated carbocycles. The summed E-state index contributed by atoms with van der Waals surface area (Å²) in [6, 6.07) is 6.03. The van der Waals surface area contributed by atoms with E-state index in [1.54, 1.807) is 0 Å². The maximum absolute atomic E-state index is 5.84. The maximum Gasteiger partial charge on any atom is 0.127 e. The van der Waals surface area contributed by atoms with Gasteiger partial charge in [-0.25, -0.2) is 0 Å². The van der Waals surface area contributed by atoms with E-state index in [-0.39, 0.29) is 0 Å². The molecule has 0 saturated heterocycles. The summed E-state index contributed by atoms with van der Waals surface area (Å²) >= 11 is 0. The fourth-order valence-electron chi connectivity index (χ4n) is 1.74. The van der Waals surface area contributed by atoms with Gasteiger partial charge in [0.2, 0.25) is 0 Å². The predicted octanol–water partition coefficient (Wildman–Crippen LogP) is 3.38. The summed E-state index contributed by atoms with van der Waals surface area (Å²) in [5.41, 5.74) is 1.15. The quantitative estimate of drug-likeness (QED) is 0.524. The third-order valence-electron chi connectivity index (χ3n) is 2.80. The van der Waals surface area contributed by atoms with Gasteiger partial charge in [-0.1, -0.05) is 19.9 Å². The van der Waals surface area contributed by atoms with Crippen molar-refractivity contribution in [1.82, 2.24) is 5.32 Å². The number of nitrogens with one attached hydrogen (secondary N) is 1. The highest BCUT2D eigenvalue weighted by atomic mass is 16.5. The van der Waals surface area contributed by atoms with E-state index in [1.807, 2.05) is 12.1 Å². The van der Waals surface area contributed by atoms with E-state index >= 15 is 0 Å². The molecular formula is C17H25NO2. The maximum atomic E-state index is 5.84. The minimum absolute atomic E-state index is 0.639. The Hall–Kier alpha value is -1.66. The Morgan fingerprint density at radius 1 is 1.20 bits per heavy atom. The van der Waals surface area contributed by atoms with Crippen LogP contribution in [0.5, 0.6) is 11.5 Å². The van der Waals surface area contributed by atoms with E-state index in [2.05, 4.69) is 31.2 Å². The van der Waals surface area contributed by atoms with E-state index in [4.69, 9.17) is 15.9 Å². The molecule has 0 fully saturated rings. The van der Waals surface area contributed by atoms with Crippen LogP contribution in [0.2, 0.25) is 0 Å². The molecule has 110 valence electrons. The summed E-state index contributed by atoms with van der Waals surface area (Å²) < 4.78 is 11.5. The van der Waals surface area contributed by atoms with Crippen LogP contribution in [0, 0.1) is 12.3 Å². The summed E-state index contributed by atoms with van der Waals surface area (Å²) in [5.74, 6) is 4.37. The van der Waals surface area contributed by atoms with Gasteiger partial charge in [0.05, 0.1) is 13.2 Å². The van der Waals surface area contributed by atoms with Gasteiger partial charge >= 0.3 is 0 Å². The van der Waals surface area contributed by atoms with Gasteiger partial charge in [-0.3, -0.25) is 0 Å². The van der Waals surface area contributed by atoms with E-state index in [0.29, 0.717) is 6.61 Å². The lowest BCUT2D eigenvalue weighted by Crippen LogP contribution is -2.13. The Morgan fingerprint density at radius 2 is 2.05 bits per heavy atom. The Balaban J connectivity index is 2.69. The van der Waals surface area contributed by atoms with Gasteiger partial charge in [-0.05, 0) is 25.5 Å². The first-order chi connectivity index (χ1) is 9.81. The van der Waals surface area contributed by atoms with Crippen LogP contribution >= 0.6 is 0 Å². The zero-order chi connectivity index (χ0) is 14.6. The number of hydrogen-bond donors (Lipinski definition) is 1. The molecule has 0 radical (unpaired) electrons. The lowest BCUT2D eigenvalue weighted by atomic mass is 10.2. The summed E-state index contributed by atoms with van der Waals surface area (Å²) in [4.78, 5) is 0. The van der Waals surface area contributed by atoms with Crippen molar-refractivity contribution in [1.29, 1.82) is 0 Å². The topological polar surface area (TPSA) is 30.5 Å². The number of unbranched alkanes of at least 4 members (excludes halogenated alkanes) is 1. The van der Waals surface area contributed by atoms with Crippen LogP contribution in [0.1, 0.15) is 38.7 Å². The van der Waals surface area contributed by atoms with Crippen LogP contribution in [0.4, 0.5) is 0 Å². The van der Waals surface area contributed by atoms with Gasteiger partial charge in [0, 0.05) is 24.6 Å². The molecule has 1 N–H and O–H groups in total. The molecule has 20 heavy (non-hydrogen) atoms. The van der Waals surface area contributed by atoms with Gasteiger partial charge in [0.25, 0.3) is 0 Å². The number of ether oxygens (including phenoxy) is 2. The van der Waals surface area contributed by atoms with Crippen molar-refractivity contribution in [3.63, 3.8) is 0 Å². The third kappa shape index (κ3) is 5.99. The molecule has 0 unspecified atom stereocenters. The first-order valence-electron chi connectivity index (χ1n) is 7.34. The summed E-state index contributed by atoms with van der Waals surface area (Å²) in [7, 11) is 0. The van der Waals surface area contributed by atoms with Crippen molar-refractivity contribution < 1.29 is 9.47 Å². The summed E-state index contributed by atoms with van der Waals surface area (Å²) in [6.07, 6.45) is 7.86. The average Bonchev–Trinajstić information content (AvgIpc) is 2.48. The third-order valence-corrected chi connectivity index (χ3v) is 2.80. The normalized spacial score (nSPS) is 10.1. The van der Waals surface area contributed by atoms with Gasteiger partial charge in [-0.2, -0.15) is 0 Å². The highest BCUT2D eigenvalue weighted by molar-refractivity contribution is 5.40. The average molecular weight is 275 g/mol. The van der Waals surface area contributed by atoms with Crippen molar-refractivity contribution >= 4 is 0 Å². The molecule has 0 bridgehead atoms. The van der Waals surface area contributed by atoms with Crippen LogP contribution in [-0.2, 0) is 6.54 Å². The fourth-order valence-corrected chi connectivity index (χ4v) is 1.74. The minimum atomic E-state index is 0.639. The molecule has 0 spiro atoms. The zero-order valence-electron chi connectivity index (χ0n) is 12.6. The second-order valence-corrected chi connectivity index (χ2v) is 4.55. The van der Waals surface area contributed by atoms with E-state index in [1.165, 1.54) is 0 Å². The molecule has 0 aliphatic rings. The smallest absolute Gasteiger partial charge is 0.127 e. The standard InChI is InChI=1S/C17H25NO2/c1-4-7-8-12-20-17-13-16(19-11-5-2)10-9-15(17)14-18-6-3/h1,9-10,13,18H,5-8,11-12,14H2,2-3H3. The van der Waals surface area contributed by atoms with Crippen LogP contribution in [-0.4, -0.2) is 19.8 Å². The highest BCUT2D eigenvalue weighted by Crippen LogP contribution is 2.25. The van der Waals surface area contributed by atoms with Crippen molar-refractivity contribution in [3.8, 4) is 23.8 Å². The highest BCUT2D eigenvalue weighted by Gasteiger charge is 2.06. The zero-order valence-corrected chi connectivity index (χ0v) is 12.6. The largest absolute Gasteiger partial charge is 0.493 e. The van der Waals surface area contributed by atoms with Crippen LogP contribution in [0.15, 0.2) is 18.2 Å². The van der Waals surface area contributed by atoms with Crippen molar-refractivity contribution in [2.75, 3.05) is 19.8 Å². The number of hydrogen-bond acceptors (Lipinski definition) is 3. The Kier molecular flexibility index (Phi) is 8.33. The van der Waals surface area contributed by atoms with Gasteiger partial charge < -0.3 is 14.8 Å². The molecule has 0 aromatic heterocycles. The van der Waals surface area contributed by atoms with Crippen LogP contribution < -0.4 is 14.8 Å². The Bertz CT molecular complexity index is 423. The molecule has 3 heteroatoms. The van der Waals surface area contributed by atoms with E-state index in [0.717, 1.165) is 56.0 Å².